The van der Waals surface area contributed by atoms with Crippen molar-refractivity contribution >= 4 is 23.0 Å². The molecule has 0 bridgehead atoms. The molecule has 0 heterocycles. The molecule has 0 saturated heterocycles. The molecule has 0 aliphatic rings. The predicted molar refractivity (Wildman–Crippen MR) is 117 cm³/mol. The second-order valence-electron chi connectivity index (χ2n) is 6.67. The van der Waals surface area contributed by atoms with E-state index in [4.69, 9.17) is 21.7 Å². The van der Waals surface area contributed by atoms with Crippen LogP contribution in [0.2, 0.25) is 0 Å². The van der Waals surface area contributed by atoms with Crippen LogP contribution in [0.5, 0.6) is 11.5 Å². The topological polar surface area (TPSA) is 42.5 Å². The fourth-order valence-electron chi connectivity index (χ4n) is 2.74. The molecule has 0 fully saturated rings. The molecule has 0 amide bonds. The Morgan fingerprint density at radius 2 is 1.48 bits per heavy atom. The van der Waals surface area contributed by atoms with E-state index in [0.29, 0.717) is 24.2 Å². The Labute approximate surface area is 168 Å². The van der Waals surface area contributed by atoms with Gasteiger partial charge < -0.3 is 20.1 Å². The average molecular weight is 387 g/mol. The third kappa shape index (κ3) is 6.14. The van der Waals surface area contributed by atoms with Crippen molar-refractivity contribution in [2.75, 3.05) is 18.5 Å². The third-order valence-corrected chi connectivity index (χ3v) is 4.47. The maximum atomic E-state index is 5.71. The number of hydrogen-bond acceptors (Lipinski definition) is 3. The van der Waals surface area contributed by atoms with Crippen molar-refractivity contribution in [3.63, 3.8) is 0 Å². The van der Waals surface area contributed by atoms with Crippen molar-refractivity contribution in [3.8, 4) is 11.5 Å². The van der Waals surface area contributed by atoms with E-state index >= 15 is 0 Å². The van der Waals surface area contributed by atoms with Crippen molar-refractivity contribution in [1.82, 2.24) is 5.32 Å². The van der Waals surface area contributed by atoms with Crippen molar-refractivity contribution < 1.29 is 9.47 Å². The van der Waals surface area contributed by atoms with E-state index in [9.17, 15) is 0 Å². The molecule has 0 aliphatic carbocycles. The molecule has 4 nitrogen and oxygen atoms in total. The number of rotatable bonds is 8. The van der Waals surface area contributed by atoms with Crippen LogP contribution in [0, 0.1) is 0 Å². The van der Waals surface area contributed by atoms with Crippen molar-refractivity contribution in [1.29, 1.82) is 0 Å². The first-order chi connectivity index (χ1) is 12.9. The highest BCUT2D eigenvalue weighted by Gasteiger charge is 2.12. The molecule has 2 aromatic rings. The van der Waals surface area contributed by atoms with Crippen LogP contribution < -0.4 is 20.1 Å². The summed E-state index contributed by atoms with van der Waals surface area (Å²) in [5.74, 6) is 2.04. The normalized spacial score (nSPS) is 11.8. The molecule has 0 aliphatic heterocycles. The molecule has 2 rings (SSSR count). The molecule has 27 heavy (non-hydrogen) atoms. The molecule has 146 valence electrons. The van der Waals surface area contributed by atoms with Crippen LogP contribution in [0.25, 0.3) is 0 Å². The van der Waals surface area contributed by atoms with E-state index < -0.39 is 0 Å². The van der Waals surface area contributed by atoms with Gasteiger partial charge in [-0.1, -0.05) is 32.0 Å². The Kier molecular flexibility index (Phi) is 7.92. The van der Waals surface area contributed by atoms with Crippen molar-refractivity contribution in [2.45, 2.75) is 46.6 Å². The van der Waals surface area contributed by atoms with Crippen molar-refractivity contribution in [2.24, 2.45) is 0 Å². The highest BCUT2D eigenvalue weighted by molar-refractivity contribution is 7.80. The largest absolute Gasteiger partial charge is 0.490 e. The van der Waals surface area contributed by atoms with E-state index in [1.807, 2.05) is 32.0 Å². The molecule has 0 saturated carbocycles. The third-order valence-electron chi connectivity index (χ3n) is 4.25. The Balaban J connectivity index is 2.01. The fraction of sp³-hybridized carbons (Fsp3) is 0.409. The van der Waals surface area contributed by atoms with Gasteiger partial charge in [-0.15, -0.1) is 0 Å². The second kappa shape index (κ2) is 10.2. The molecule has 2 aromatic carbocycles. The minimum absolute atomic E-state index is 0.0369. The first kappa shape index (κ1) is 21.0. The number of thiocarbonyl (C=S) groups is 1. The molecular weight excluding hydrogens is 356 g/mol. The van der Waals surface area contributed by atoms with Crippen LogP contribution in [0.1, 0.15) is 57.7 Å². The lowest BCUT2D eigenvalue weighted by Crippen LogP contribution is -2.30. The molecule has 0 radical (unpaired) electrons. The Bertz CT molecular complexity index is 744. The van der Waals surface area contributed by atoms with Gasteiger partial charge in [0.15, 0.2) is 16.6 Å². The quantitative estimate of drug-likeness (QED) is 0.574. The first-order valence-electron chi connectivity index (χ1n) is 9.51. The summed E-state index contributed by atoms with van der Waals surface area (Å²) in [6, 6.07) is 14.4. The number of benzene rings is 2. The fourth-order valence-corrected chi connectivity index (χ4v) is 3.03. The minimum Gasteiger partial charge on any atom is -0.490 e. The van der Waals surface area contributed by atoms with E-state index in [-0.39, 0.29) is 6.04 Å². The Hall–Kier alpha value is -2.27. The van der Waals surface area contributed by atoms with Gasteiger partial charge in [-0.25, -0.2) is 0 Å². The minimum atomic E-state index is 0.0369. The summed E-state index contributed by atoms with van der Waals surface area (Å²) in [4.78, 5) is 0. The second-order valence-corrected chi connectivity index (χ2v) is 7.08. The van der Waals surface area contributed by atoms with Gasteiger partial charge in [0.05, 0.1) is 19.3 Å². The zero-order valence-corrected chi connectivity index (χ0v) is 17.7. The molecule has 0 unspecified atom stereocenters. The number of hydrogen-bond donors (Lipinski definition) is 2. The van der Waals surface area contributed by atoms with Gasteiger partial charge in [-0.2, -0.15) is 0 Å². The number of nitrogens with one attached hydrogen (secondary N) is 2. The summed E-state index contributed by atoms with van der Waals surface area (Å²) in [5, 5.41) is 7.16. The monoisotopic (exact) mass is 386 g/mol. The van der Waals surface area contributed by atoms with Crippen molar-refractivity contribution in [3.05, 3.63) is 53.6 Å². The summed E-state index contributed by atoms with van der Waals surface area (Å²) in [5.41, 5.74) is 3.37. The van der Waals surface area contributed by atoms with E-state index in [1.165, 1.54) is 5.56 Å². The van der Waals surface area contributed by atoms with Crippen LogP contribution in [0.4, 0.5) is 5.69 Å². The molecule has 0 spiro atoms. The van der Waals surface area contributed by atoms with Crippen LogP contribution in [-0.2, 0) is 0 Å². The summed E-state index contributed by atoms with van der Waals surface area (Å²) < 4.78 is 11.3. The van der Waals surface area contributed by atoms with E-state index in [1.54, 1.807) is 0 Å². The lowest BCUT2D eigenvalue weighted by Gasteiger charge is -2.19. The highest BCUT2D eigenvalue weighted by Crippen LogP contribution is 2.30. The summed E-state index contributed by atoms with van der Waals surface area (Å²) in [6.07, 6.45) is 0. The van der Waals surface area contributed by atoms with Crippen LogP contribution in [0.15, 0.2) is 42.5 Å². The smallest absolute Gasteiger partial charge is 0.171 e. The predicted octanol–water partition coefficient (Wildman–Crippen LogP) is 5.66. The molecule has 0 aromatic heterocycles. The van der Waals surface area contributed by atoms with Crippen LogP contribution in [-0.4, -0.2) is 18.3 Å². The molecule has 2 N–H and O–H groups in total. The van der Waals surface area contributed by atoms with Gasteiger partial charge in [-0.05, 0) is 74.3 Å². The number of ether oxygens (including phenoxy) is 2. The highest BCUT2D eigenvalue weighted by atomic mass is 32.1. The van der Waals surface area contributed by atoms with E-state index in [2.05, 4.69) is 55.7 Å². The van der Waals surface area contributed by atoms with Crippen LogP contribution in [0.3, 0.4) is 0 Å². The van der Waals surface area contributed by atoms with Crippen LogP contribution >= 0.6 is 12.2 Å². The van der Waals surface area contributed by atoms with Gasteiger partial charge >= 0.3 is 0 Å². The molecule has 1 atom stereocenters. The van der Waals surface area contributed by atoms with Gasteiger partial charge in [0.1, 0.15) is 0 Å². The lowest BCUT2D eigenvalue weighted by molar-refractivity contribution is 0.287. The summed E-state index contributed by atoms with van der Waals surface area (Å²) in [7, 11) is 0. The zero-order chi connectivity index (χ0) is 19.8. The Morgan fingerprint density at radius 1 is 0.889 bits per heavy atom. The maximum Gasteiger partial charge on any atom is 0.171 e. The lowest BCUT2D eigenvalue weighted by atomic mass is 10.0. The first-order valence-corrected chi connectivity index (χ1v) is 9.92. The zero-order valence-electron chi connectivity index (χ0n) is 16.8. The Morgan fingerprint density at radius 3 is 2.07 bits per heavy atom. The molecular formula is C22H30N2O2S. The maximum absolute atomic E-state index is 5.71. The van der Waals surface area contributed by atoms with Gasteiger partial charge in [-0.3, -0.25) is 0 Å². The standard InChI is InChI=1S/C22H30N2O2S/c1-6-25-20-13-10-18(14-21(20)26-7-2)16(5)23-22(27)24-19-11-8-17(9-12-19)15(3)4/h8-16H,6-7H2,1-5H3,(H2,23,24,27)/t16-/m1/s1. The van der Waals surface area contributed by atoms with Gasteiger partial charge in [0.2, 0.25) is 0 Å². The molecule has 5 heteroatoms. The summed E-state index contributed by atoms with van der Waals surface area (Å²) >= 11 is 5.47. The van der Waals surface area contributed by atoms with E-state index in [0.717, 1.165) is 22.7 Å². The average Bonchev–Trinajstić information content (AvgIpc) is 2.63. The summed E-state index contributed by atoms with van der Waals surface area (Å²) in [6.45, 7) is 11.6. The van der Waals surface area contributed by atoms with Gasteiger partial charge in [0.25, 0.3) is 0 Å². The SMILES string of the molecule is CCOc1ccc([C@@H](C)NC(=S)Nc2ccc(C(C)C)cc2)cc1OCC. The van der Waals surface area contributed by atoms with Gasteiger partial charge in [0, 0.05) is 5.69 Å². The number of anilines is 1.